The fourth-order valence-corrected chi connectivity index (χ4v) is 1.10. The second-order valence-electron chi connectivity index (χ2n) is 2.84. The molecule has 1 atom stereocenters. The number of aliphatic hydroxyl groups is 1. The Hall–Kier alpha value is -0.520. The number of unbranched alkanes of at least 4 members (excludes halogenated alkanes) is 2. The van der Waals surface area contributed by atoms with Gasteiger partial charge in [-0.2, -0.15) is 0 Å². The van der Waals surface area contributed by atoms with Crippen LogP contribution >= 0.6 is 0 Å². The zero-order chi connectivity index (χ0) is 9.23. The second-order valence-corrected chi connectivity index (χ2v) is 2.84. The molecule has 0 aliphatic rings. The molecule has 0 amide bonds. The van der Waals surface area contributed by atoms with Crippen LogP contribution in [0.15, 0.2) is 0 Å². The summed E-state index contributed by atoms with van der Waals surface area (Å²) in [6.45, 7) is 0.285. The molecule has 0 rings (SSSR count). The molecule has 12 heavy (non-hydrogen) atoms. The van der Waals surface area contributed by atoms with E-state index in [1.807, 2.05) is 0 Å². The van der Waals surface area contributed by atoms with Gasteiger partial charge in [0.15, 0.2) is 0 Å². The van der Waals surface area contributed by atoms with Crippen LogP contribution in [0.5, 0.6) is 0 Å². The molecule has 0 aliphatic heterocycles. The number of aliphatic hydroxyl groups excluding tert-OH is 1. The number of hydrogen-bond acceptors (Lipinski definition) is 2. The van der Waals surface area contributed by atoms with Crippen LogP contribution in [0.4, 0.5) is 0 Å². The van der Waals surface area contributed by atoms with Crippen LogP contribution in [0.1, 0.15) is 32.1 Å². The summed E-state index contributed by atoms with van der Waals surface area (Å²) in [6, 6.07) is 0. The Bertz CT molecular complexity index is 126. The molecule has 1 N–H and O–H groups in total. The van der Waals surface area contributed by atoms with Crippen molar-refractivity contribution in [2.75, 3.05) is 13.7 Å². The Balaban J connectivity index is 3.26. The molecular formula is C10H18O2. The van der Waals surface area contributed by atoms with E-state index in [2.05, 4.69) is 5.92 Å². The van der Waals surface area contributed by atoms with Crippen molar-refractivity contribution in [1.29, 1.82) is 0 Å². The van der Waals surface area contributed by atoms with E-state index in [-0.39, 0.29) is 12.7 Å². The lowest BCUT2D eigenvalue weighted by molar-refractivity contribution is 0.0965. The first-order chi connectivity index (χ1) is 5.85. The largest absolute Gasteiger partial charge is 0.396 e. The SMILES string of the molecule is C#CCC(CCCCCO)OC. The van der Waals surface area contributed by atoms with Gasteiger partial charge in [-0.05, 0) is 12.8 Å². The predicted molar refractivity (Wildman–Crippen MR) is 49.8 cm³/mol. The van der Waals surface area contributed by atoms with E-state index in [4.69, 9.17) is 16.3 Å². The van der Waals surface area contributed by atoms with E-state index in [0.29, 0.717) is 6.42 Å². The van der Waals surface area contributed by atoms with Crippen LogP contribution in [0.25, 0.3) is 0 Å². The number of methoxy groups -OCH3 is 1. The molecule has 0 aromatic heterocycles. The molecule has 2 heteroatoms. The van der Waals surface area contributed by atoms with E-state index in [0.717, 1.165) is 25.7 Å². The zero-order valence-electron chi connectivity index (χ0n) is 7.75. The molecule has 0 saturated heterocycles. The zero-order valence-corrected chi connectivity index (χ0v) is 7.75. The van der Waals surface area contributed by atoms with Crippen LogP contribution in [-0.4, -0.2) is 24.9 Å². The van der Waals surface area contributed by atoms with Gasteiger partial charge >= 0.3 is 0 Å². The molecule has 70 valence electrons. The third-order valence-electron chi connectivity index (χ3n) is 1.86. The maximum absolute atomic E-state index is 8.53. The second kappa shape index (κ2) is 8.58. The normalized spacial score (nSPS) is 12.4. The lowest BCUT2D eigenvalue weighted by Crippen LogP contribution is -2.09. The summed E-state index contributed by atoms with van der Waals surface area (Å²) in [4.78, 5) is 0. The minimum Gasteiger partial charge on any atom is -0.396 e. The summed E-state index contributed by atoms with van der Waals surface area (Å²) in [6.07, 6.45) is 10.1. The summed E-state index contributed by atoms with van der Waals surface area (Å²) in [5, 5.41) is 8.53. The van der Waals surface area contributed by atoms with Crippen LogP contribution in [-0.2, 0) is 4.74 Å². The van der Waals surface area contributed by atoms with Crippen molar-refractivity contribution in [2.45, 2.75) is 38.2 Å². The van der Waals surface area contributed by atoms with Gasteiger partial charge in [-0.25, -0.2) is 0 Å². The monoisotopic (exact) mass is 170 g/mol. The Morgan fingerprint density at radius 3 is 2.67 bits per heavy atom. The maximum Gasteiger partial charge on any atom is 0.0680 e. The predicted octanol–water partition coefficient (Wildman–Crippen LogP) is 1.58. The topological polar surface area (TPSA) is 29.5 Å². The van der Waals surface area contributed by atoms with Crippen LogP contribution in [0.2, 0.25) is 0 Å². The van der Waals surface area contributed by atoms with Crippen molar-refractivity contribution in [2.24, 2.45) is 0 Å². The standard InChI is InChI=1S/C10H18O2/c1-3-7-10(12-2)8-5-4-6-9-11/h1,10-11H,4-9H2,2H3. The number of terminal acetylenes is 1. The van der Waals surface area contributed by atoms with E-state index >= 15 is 0 Å². The molecule has 1 unspecified atom stereocenters. The van der Waals surface area contributed by atoms with Crippen molar-refractivity contribution in [3.05, 3.63) is 0 Å². The van der Waals surface area contributed by atoms with Crippen molar-refractivity contribution in [1.82, 2.24) is 0 Å². The third kappa shape index (κ3) is 6.21. The molecular weight excluding hydrogens is 152 g/mol. The molecule has 0 bridgehead atoms. The van der Waals surface area contributed by atoms with Gasteiger partial charge < -0.3 is 9.84 Å². The Kier molecular flexibility index (Phi) is 8.20. The molecule has 0 saturated carbocycles. The minimum atomic E-state index is 0.202. The summed E-state index contributed by atoms with van der Waals surface area (Å²) < 4.78 is 5.17. The molecule has 0 aliphatic carbocycles. The first-order valence-corrected chi connectivity index (χ1v) is 4.42. The molecule has 0 heterocycles. The summed E-state index contributed by atoms with van der Waals surface area (Å²) in [5.41, 5.74) is 0. The van der Waals surface area contributed by atoms with Gasteiger partial charge in [-0.15, -0.1) is 12.3 Å². The Morgan fingerprint density at radius 1 is 1.42 bits per heavy atom. The Labute approximate surface area is 74.9 Å². The number of ether oxygens (including phenoxy) is 1. The third-order valence-corrected chi connectivity index (χ3v) is 1.86. The summed E-state index contributed by atoms with van der Waals surface area (Å²) in [7, 11) is 1.69. The van der Waals surface area contributed by atoms with Gasteiger partial charge in [-0.1, -0.05) is 12.8 Å². The highest BCUT2D eigenvalue weighted by atomic mass is 16.5. The van der Waals surface area contributed by atoms with Crippen molar-refractivity contribution in [3.63, 3.8) is 0 Å². The van der Waals surface area contributed by atoms with Gasteiger partial charge in [0, 0.05) is 20.1 Å². The molecule has 0 spiro atoms. The van der Waals surface area contributed by atoms with Gasteiger partial charge in [-0.3, -0.25) is 0 Å². The van der Waals surface area contributed by atoms with Crippen molar-refractivity contribution >= 4 is 0 Å². The molecule has 0 aromatic carbocycles. The van der Waals surface area contributed by atoms with Crippen LogP contribution < -0.4 is 0 Å². The fourth-order valence-electron chi connectivity index (χ4n) is 1.10. The Morgan fingerprint density at radius 2 is 2.17 bits per heavy atom. The van der Waals surface area contributed by atoms with Crippen LogP contribution in [0.3, 0.4) is 0 Å². The first kappa shape index (κ1) is 11.5. The van der Waals surface area contributed by atoms with Gasteiger partial charge in [0.25, 0.3) is 0 Å². The first-order valence-electron chi connectivity index (χ1n) is 4.42. The maximum atomic E-state index is 8.53. The van der Waals surface area contributed by atoms with E-state index in [9.17, 15) is 0 Å². The number of hydrogen-bond donors (Lipinski definition) is 1. The molecule has 2 nitrogen and oxygen atoms in total. The average Bonchev–Trinajstić information content (AvgIpc) is 2.10. The smallest absolute Gasteiger partial charge is 0.0680 e. The summed E-state index contributed by atoms with van der Waals surface area (Å²) >= 11 is 0. The highest BCUT2D eigenvalue weighted by Gasteiger charge is 2.03. The fraction of sp³-hybridized carbons (Fsp3) is 0.800. The van der Waals surface area contributed by atoms with E-state index < -0.39 is 0 Å². The van der Waals surface area contributed by atoms with E-state index in [1.54, 1.807) is 7.11 Å². The summed E-state index contributed by atoms with van der Waals surface area (Å²) in [5.74, 6) is 2.59. The van der Waals surface area contributed by atoms with Crippen molar-refractivity contribution in [3.8, 4) is 12.3 Å². The molecule has 0 radical (unpaired) electrons. The van der Waals surface area contributed by atoms with Crippen molar-refractivity contribution < 1.29 is 9.84 Å². The highest BCUT2D eigenvalue weighted by Crippen LogP contribution is 2.08. The number of rotatable bonds is 7. The molecule has 0 aromatic rings. The van der Waals surface area contributed by atoms with Gasteiger partial charge in [0.1, 0.15) is 0 Å². The lowest BCUT2D eigenvalue weighted by Gasteiger charge is -2.11. The molecule has 0 fully saturated rings. The average molecular weight is 170 g/mol. The van der Waals surface area contributed by atoms with Gasteiger partial charge in [0.2, 0.25) is 0 Å². The highest BCUT2D eigenvalue weighted by molar-refractivity contribution is 4.87. The lowest BCUT2D eigenvalue weighted by atomic mass is 10.1. The van der Waals surface area contributed by atoms with E-state index in [1.165, 1.54) is 0 Å². The van der Waals surface area contributed by atoms with Gasteiger partial charge in [0.05, 0.1) is 6.10 Å². The van der Waals surface area contributed by atoms with Crippen LogP contribution in [0, 0.1) is 12.3 Å². The minimum absolute atomic E-state index is 0.202. The quantitative estimate of drug-likeness (QED) is 0.464.